The Morgan fingerprint density at radius 1 is 0.889 bits per heavy atom. The summed E-state index contributed by atoms with van der Waals surface area (Å²) in [5.41, 5.74) is 1.80. The van der Waals surface area contributed by atoms with Gasteiger partial charge in [-0.25, -0.2) is 0 Å². The van der Waals surface area contributed by atoms with Gasteiger partial charge in [0.1, 0.15) is 0 Å². The average molecular weight is 240 g/mol. The maximum atomic E-state index is 10.3. The Morgan fingerprint density at radius 2 is 1.39 bits per heavy atom. The van der Waals surface area contributed by atoms with E-state index in [2.05, 4.69) is 24.3 Å². The first-order valence-corrected chi connectivity index (χ1v) is 6.25. The van der Waals surface area contributed by atoms with Crippen molar-refractivity contribution in [1.82, 2.24) is 0 Å². The molecule has 1 fully saturated rings. The molecular formula is C16H16O2. The van der Waals surface area contributed by atoms with Crippen molar-refractivity contribution >= 4 is 0 Å². The Labute approximate surface area is 107 Å². The van der Waals surface area contributed by atoms with Gasteiger partial charge in [0, 0.05) is 0 Å². The summed E-state index contributed by atoms with van der Waals surface area (Å²) < 4.78 is 5.43. The van der Waals surface area contributed by atoms with E-state index in [1.807, 2.05) is 36.4 Å². The highest BCUT2D eigenvalue weighted by atomic mass is 16.6. The fourth-order valence-corrected chi connectivity index (χ4v) is 2.81. The molecule has 2 nitrogen and oxygen atoms in total. The SMILES string of the molecule is OC1OCCC1(c1ccccc1)c1ccccc1. The van der Waals surface area contributed by atoms with E-state index in [4.69, 9.17) is 4.74 Å². The van der Waals surface area contributed by atoms with Crippen molar-refractivity contribution in [3.05, 3.63) is 71.8 Å². The molecule has 0 saturated carbocycles. The van der Waals surface area contributed by atoms with Crippen LogP contribution in [0.15, 0.2) is 60.7 Å². The normalized spacial score (nSPS) is 21.9. The zero-order chi connectivity index (χ0) is 12.4. The summed E-state index contributed by atoms with van der Waals surface area (Å²) in [5, 5.41) is 10.3. The minimum absolute atomic E-state index is 0.428. The number of benzene rings is 2. The number of aliphatic hydroxyl groups excluding tert-OH is 1. The molecule has 1 heterocycles. The first kappa shape index (κ1) is 11.5. The van der Waals surface area contributed by atoms with Crippen LogP contribution in [0.3, 0.4) is 0 Å². The van der Waals surface area contributed by atoms with Crippen LogP contribution in [-0.4, -0.2) is 18.0 Å². The molecule has 3 rings (SSSR count). The fourth-order valence-electron chi connectivity index (χ4n) is 2.81. The maximum absolute atomic E-state index is 10.3. The van der Waals surface area contributed by atoms with Gasteiger partial charge in [-0.1, -0.05) is 60.7 Å². The van der Waals surface area contributed by atoms with Gasteiger partial charge in [-0.3, -0.25) is 0 Å². The molecule has 1 saturated heterocycles. The molecule has 0 radical (unpaired) electrons. The predicted octanol–water partition coefficient (Wildman–Crippen LogP) is 2.71. The minimum Gasteiger partial charge on any atom is -0.367 e. The van der Waals surface area contributed by atoms with Gasteiger partial charge in [0.05, 0.1) is 12.0 Å². The molecule has 1 N–H and O–H groups in total. The quantitative estimate of drug-likeness (QED) is 0.874. The lowest BCUT2D eigenvalue weighted by Gasteiger charge is -2.32. The monoisotopic (exact) mass is 240 g/mol. The molecule has 0 aliphatic carbocycles. The Morgan fingerprint density at radius 3 is 1.78 bits per heavy atom. The van der Waals surface area contributed by atoms with Crippen LogP contribution < -0.4 is 0 Å². The van der Waals surface area contributed by atoms with Crippen LogP contribution >= 0.6 is 0 Å². The van der Waals surface area contributed by atoms with Crippen molar-refractivity contribution in [2.24, 2.45) is 0 Å². The van der Waals surface area contributed by atoms with Gasteiger partial charge in [0.25, 0.3) is 0 Å². The van der Waals surface area contributed by atoms with E-state index in [0.29, 0.717) is 6.61 Å². The minimum atomic E-state index is -0.776. The van der Waals surface area contributed by atoms with Crippen LogP contribution in [0.5, 0.6) is 0 Å². The van der Waals surface area contributed by atoms with Gasteiger partial charge in [0.2, 0.25) is 0 Å². The highest BCUT2D eigenvalue weighted by Crippen LogP contribution is 2.43. The zero-order valence-electron chi connectivity index (χ0n) is 10.1. The molecule has 1 unspecified atom stereocenters. The molecule has 1 aliphatic rings. The van der Waals surface area contributed by atoms with Gasteiger partial charge in [0.15, 0.2) is 6.29 Å². The average Bonchev–Trinajstić information content (AvgIpc) is 2.84. The summed E-state index contributed by atoms with van der Waals surface area (Å²) in [6, 6.07) is 20.2. The molecule has 0 amide bonds. The summed E-state index contributed by atoms with van der Waals surface area (Å²) in [6.45, 7) is 0.588. The summed E-state index contributed by atoms with van der Waals surface area (Å²) in [7, 11) is 0. The zero-order valence-corrected chi connectivity index (χ0v) is 10.1. The predicted molar refractivity (Wildman–Crippen MR) is 70.2 cm³/mol. The van der Waals surface area contributed by atoms with Gasteiger partial charge in [-0.05, 0) is 17.5 Å². The number of hydrogen-bond acceptors (Lipinski definition) is 2. The number of rotatable bonds is 2. The topological polar surface area (TPSA) is 29.5 Å². The Hall–Kier alpha value is -1.64. The lowest BCUT2D eigenvalue weighted by atomic mass is 9.73. The molecular weight excluding hydrogens is 224 g/mol. The fraction of sp³-hybridized carbons (Fsp3) is 0.250. The lowest BCUT2D eigenvalue weighted by molar-refractivity contribution is -0.0844. The van der Waals surface area contributed by atoms with Crippen LogP contribution in [0.1, 0.15) is 17.5 Å². The van der Waals surface area contributed by atoms with E-state index in [1.165, 1.54) is 0 Å². The molecule has 0 aromatic heterocycles. The summed E-state index contributed by atoms with van der Waals surface area (Å²) in [6.07, 6.45) is 0.0321. The van der Waals surface area contributed by atoms with Gasteiger partial charge in [-0.2, -0.15) is 0 Å². The smallest absolute Gasteiger partial charge is 0.168 e. The second-order valence-electron chi connectivity index (χ2n) is 4.68. The first-order valence-electron chi connectivity index (χ1n) is 6.25. The van der Waals surface area contributed by atoms with Crippen LogP contribution in [0.25, 0.3) is 0 Å². The molecule has 2 aromatic rings. The van der Waals surface area contributed by atoms with Crippen LogP contribution in [-0.2, 0) is 10.2 Å². The van der Waals surface area contributed by atoms with Crippen molar-refractivity contribution in [3.63, 3.8) is 0 Å². The van der Waals surface area contributed by atoms with Crippen molar-refractivity contribution < 1.29 is 9.84 Å². The number of ether oxygens (including phenoxy) is 1. The van der Waals surface area contributed by atoms with Crippen LogP contribution in [0, 0.1) is 0 Å². The Kier molecular flexibility index (Phi) is 2.90. The number of aliphatic hydroxyl groups is 1. The van der Waals surface area contributed by atoms with Gasteiger partial charge < -0.3 is 9.84 Å². The summed E-state index contributed by atoms with van der Waals surface area (Å²) >= 11 is 0. The molecule has 2 heteroatoms. The van der Waals surface area contributed by atoms with E-state index >= 15 is 0 Å². The van der Waals surface area contributed by atoms with Crippen molar-refractivity contribution in [2.75, 3.05) is 6.61 Å². The van der Waals surface area contributed by atoms with Gasteiger partial charge in [-0.15, -0.1) is 0 Å². The van der Waals surface area contributed by atoms with E-state index in [9.17, 15) is 5.11 Å². The third-order valence-electron chi connectivity index (χ3n) is 3.77. The molecule has 0 spiro atoms. The van der Waals surface area contributed by atoms with Gasteiger partial charge >= 0.3 is 0 Å². The third kappa shape index (κ3) is 1.65. The van der Waals surface area contributed by atoms with E-state index in [1.54, 1.807) is 0 Å². The van der Waals surface area contributed by atoms with E-state index in [-0.39, 0.29) is 0 Å². The Bertz CT molecular complexity index is 468. The van der Waals surface area contributed by atoms with E-state index in [0.717, 1.165) is 17.5 Å². The highest BCUT2D eigenvalue weighted by Gasteiger charge is 2.46. The maximum Gasteiger partial charge on any atom is 0.168 e. The van der Waals surface area contributed by atoms with Crippen molar-refractivity contribution in [3.8, 4) is 0 Å². The molecule has 18 heavy (non-hydrogen) atoms. The highest BCUT2D eigenvalue weighted by molar-refractivity contribution is 5.41. The molecule has 2 aromatic carbocycles. The molecule has 0 bridgehead atoms. The third-order valence-corrected chi connectivity index (χ3v) is 3.77. The largest absolute Gasteiger partial charge is 0.367 e. The molecule has 92 valence electrons. The summed E-state index contributed by atoms with van der Waals surface area (Å²) in [4.78, 5) is 0. The number of hydrogen-bond donors (Lipinski definition) is 1. The van der Waals surface area contributed by atoms with Crippen molar-refractivity contribution in [2.45, 2.75) is 18.1 Å². The second-order valence-corrected chi connectivity index (χ2v) is 4.68. The van der Waals surface area contributed by atoms with Crippen LogP contribution in [0.4, 0.5) is 0 Å². The van der Waals surface area contributed by atoms with Crippen LogP contribution in [0.2, 0.25) is 0 Å². The van der Waals surface area contributed by atoms with Crippen molar-refractivity contribution in [1.29, 1.82) is 0 Å². The second kappa shape index (κ2) is 4.56. The first-order chi connectivity index (χ1) is 8.84. The van der Waals surface area contributed by atoms with E-state index < -0.39 is 11.7 Å². The summed E-state index contributed by atoms with van der Waals surface area (Å²) in [5.74, 6) is 0. The molecule has 1 aliphatic heterocycles. The lowest BCUT2D eigenvalue weighted by Crippen LogP contribution is -2.36. The standard InChI is InChI=1S/C16H16O2/c17-15-16(11-12-18-15,13-7-3-1-4-8-13)14-9-5-2-6-10-14/h1-10,15,17H,11-12H2. The Balaban J connectivity index is 2.17. The molecule has 1 atom stereocenters.